The lowest BCUT2D eigenvalue weighted by Crippen LogP contribution is -2.42. The van der Waals surface area contributed by atoms with Crippen molar-refractivity contribution in [2.45, 2.75) is 45.7 Å². The highest BCUT2D eigenvalue weighted by molar-refractivity contribution is 5.72. The lowest BCUT2D eigenvalue weighted by Gasteiger charge is -2.20. The maximum Gasteiger partial charge on any atom is 0.320 e. The van der Waals surface area contributed by atoms with Crippen LogP contribution in [0.1, 0.15) is 31.4 Å². The molecule has 1 unspecified atom stereocenters. The fourth-order valence-electron chi connectivity index (χ4n) is 1.75. The molecule has 0 radical (unpaired) electrons. The first-order valence-electron chi connectivity index (χ1n) is 6.07. The third-order valence-electron chi connectivity index (χ3n) is 2.95. The molecule has 0 heterocycles. The minimum Gasteiger partial charge on any atom is -0.480 e. The minimum atomic E-state index is -0.799. The SMILES string of the molecule is CCC(Cc1ccc(C)cc1)N[C@H](C)C(=O)O. The van der Waals surface area contributed by atoms with Crippen LogP contribution in [-0.4, -0.2) is 23.2 Å². The topological polar surface area (TPSA) is 49.3 Å². The maximum atomic E-state index is 10.8. The third-order valence-corrected chi connectivity index (χ3v) is 2.95. The van der Waals surface area contributed by atoms with Crippen molar-refractivity contribution in [2.75, 3.05) is 0 Å². The molecule has 0 aliphatic rings. The summed E-state index contributed by atoms with van der Waals surface area (Å²) in [5.41, 5.74) is 2.49. The standard InChI is InChI=1S/C14H21NO2/c1-4-13(15-11(3)14(16)17)9-12-7-5-10(2)6-8-12/h5-8,11,13,15H,4,9H2,1-3H3,(H,16,17)/t11-,13?/m1/s1. The maximum absolute atomic E-state index is 10.8. The Balaban J connectivity index is 2.57. The first-order valence-corrected chi connectivity index (χ1v) is 6.07. The number of benzene rings is 1. The van der Waals surface area contributed by atoms with Crippen LogP contribution in [0.2, 0.25) is 0 Å². The zero-order valence-electron chi connectivity index (χ0n) is 10.7. The number of aliphatic carboxylic acids is 1. The van der Waals surface area contributed by atoms with E-state index >= 15 is 0 Å². The van der Waals surface area contributed by atoms with Crippen LogP contribution in [0.5, 0.6) is 0 Å². The molecule has 0 saturated heterocycles. The molecule has 0 bridgehead atoms. The second-order valence-electron chi connectivity index (χ2n) is 4.52. The van der Waals surface area contributed by atoms with E-state index < -0.39 is 12.0 Å². The molecule has 0 fully saturated rings. The zero-order valence-corrected chi connectivity index (χ0v) is 10.7. The van der Waals surface area contributed by atoms with E-state index in [1.807, 2.05) is 0 Å². The van der Waals surface area contributed by atoms with Gasteiger partial charge in [-0.05, 0) is 32.3 Å². The lowest BCUT2D eigenvalue weighted by molar-refractivity contribution is -0.139. The zero-order chi connectivity index (χ0) is 12.8. The lowest BCUT2D eigenvalue weighted by atomic mass is 10.0. The summed E-state index contributed by atoms with van der Waals surface area (Å²) in [6.45, 7) is 5.81. The van der Waals surface area contributed by atoms with Gasteiger partial charge in [0.25, 0.3) is 0 Å². The Morgan fingerprint density at radius 1 is 1.35 bits per heavy atom. The van der Waals surface area contributed by atoms with Gasteiger partial charge in [0.2, 0.25) is 0 Å². The molecule has 3 nitrogen and oxygen atoms in total. The molecule has 17 heavy (non-hydrogen) atoms. The minimum absolute atomic E-state index is 0.212. The number of carboxylic acid groups (broad SMARTS) is 1. The number of rotatable bonds is 6. The first kappa shape index (κ1) is 13.7. The van der Waals surface area contributed by atoms with Gasteiger partial charge < -0.3 is 10.4 Å². The first-order chi connectivity index (χ1) is 8.02. The van der Waals surface area contributed by atoms with E-state index in [1.54, 1.807) is 6.92 Å². The van der Waals surface area contributed by atoms with E-state index in [0.29, 0.717) is 0 Å². The average Bonchev–Trinajstić information content (AvgIpc) is 2.30. The van der Waals surface area contributed by atoms with Gasteiger partial charge in [0, 0.05) is 6.04 Å². The van der Waals surface area contributed by atoms with E-state index in [2.05, 4.69) is 43.4 Å². The van der Waals surface area contributed by atoms with E-state index in [4.69, 9.17) is 5.11 Å². The molecule has 0 aliphatic heterocycles. The Morgan fingerprint density at radius 3 is 2.41 bits per heavy atom. The summed E-state index contributed by atoms with van der Waals surface area (Å²) in [5, 5.41) is 12.0. The number of carbonyl (C=O) groups is 1. The Labute approximate surface area is 103 Å². The molecular weight excluding hydrogens is 214 g/mol. The molecule has 2 N–H and O–H groups in total. The number of nitrogens with one attached hydrogen (secondary N) is 1. The highest BCUT2D eigenvalue weighted by Gasteiger charge is 2.15. The van der Waals surface area contributed by atoms with Crippen LogP contribution in [-0.2, 0) is 11.2 Å². The van der Waals surface area contributed by atoms with Crippen molar-refractivity contribution >= 4 is 5.97 Å². The number of carboxylic acids is 1. The molecule has 2 atom stereocenters. The predicted octanol–water partition coefficient (Wildman–Crippen LogP) is 2.38. The Bertz CT molecular complexity index is 359. The molecule has 0 amide bonds. The predicted molar refractivity (Wildman–Crippen MR) is 69.2 cm³/mol. The summed E-state index contributed by atoms with van der Waals surface area (Å²) < 4.78 is 0. The van der Waals surface area contributed by atoms with E-state index in [1.165, 1.54) is 11.1 Å². The van der Waals surface area contributed by atoms with Gasteiger partial charge in [0.05, 0.1) is 0 Å². The van der Waals surface area contributed by atoms with Gasteiger partial charge in [0.15, 0.2) is 0 Å². The van der Waals surface area contributed by atoms with E-state index in [9.17, 15) is 4.79 Å². The third kappa shape index (κ3) is 4.57. The molecular formula is C14H21NO2. The Kier molecular flexibility index (Phi) is 5.16. The van der Waals surface area contributed by atoms with Gasteiger partial charge in [0.1, 0.15) is 6.04 Å². The summed E-state index contributed by atoms with van der Waals surface area (Å²) >= 11 is 0. The van der Waals surface area contributed by atoms with Crippen molar-refractivity contribution < 1.29 is 9.90 Å². The van der Waals surface area contributed by atoms with Gasteiger partial charge in [-0.1, -0.05) is 36.8 Å². The highest BCUT2D eigenvalue weighted by Crippen LogP contribution is 2.08. The van der Waals surface area contributed by atoms with E-state index in [-0.39, 0.29) is 6.04 Å². The van der Waals surface area contributed by atoms with Crippen LogP contribution in [0, 0.1) is 6.92 Å². The second-order valence-corrected chi connectivity index (χ2v) is 4.52. The Hall–Kier alpha value is -1.35. The van der Waals surface area contributed by atoms with Crippen molar-refractivity contribution in [1.82, 2.24) is 5.32 Å². The number of hydrogen-bond acceptors (Lipinski definition) is 2. The smallest absolute Gasteiger partial charge is 0.320 e. The van der Waals surface area contributed by atoms with Crippen LogP contribution in [0.25, 0.3) is 0 Å². The summed E-state index contributed by atoms with van der Waals surface area (Å²) in [6, 6.07) is 8.09. The van der Waals surface area contributed by atoms with Crippen LogP contribution in [0.3, 0.4) is 0 Å². The molecule has 0 aromatic heterocycles. The highest BCUT2D eigenvalue weighted by atomic mass is 16.4. The Morgan fingerprint density at radius 2 is 1.94 bits per heavy atom. The summed E-state index contributed by atoms with van der Waals surface area (Å²) in [7, 11) is 0. The molecule has 1 aromatic rings. The van der Waals surface area contributed by atoms with Crippen molar-refractivity contribution in [1.29, 1.82) is 0 Å². The van der Waals surface area contributed by atoms with Gasteiger partial charge >= 0.3 is 5.97 Å². The van der Waals surface area contributed by atoms with Gasteiger partial charge in [-0.3, -0.25) is 4.79 Å². The average molecular weight is 235 g/mol. The molecule has 0 spiro atoms. The second kappa shape index (κ2) is 6.40. The number of hydrogen-bond donors (Lipinski definition) is 2. The monoisotopic (exact) mass is 235 g/mol. The summed E-state index contributed by atoms with van der Waals surface area (Å²) in [4.78, 5) is 10.8. The largest absolute Gasteiger partial charge is 0.480 e. The summed E-state index contributed by atoms with van der Waals surface area (Å²) in [5.74, 6) is -0.799. The number of aryl methyl sites for hydroxylation is 1. The van der Waals surface area contributed by atoms with Crippen LogP contribution in [0.15, 0.2) is 24.3 Å². The normalized spacial score (nSPS) is 14.3. The molecule has 94 valence electrons. The van der Waals surface area contributed by atoms with Crippen LogP contribution < -0.4 is 5.32 Å². The van der Waals surface area contributed by atoms with Gasteiger partial charge in [-0.2, -0.15) is 0 Å². The van der Waals surface area contributed by atoms with Crippen molar-refractivity contribution in [3.8, 4) is 0 Å². The molecule has 0 aliphatic carbocycles. The van der Waals surface area contributed by atoms with Crippen LogP contribution in [0.4, 0.5) is 0 Å². The van der Waals surface area contributed by atoms with Gasteiger partial charge in [-0.25, -0.2) is 0 Å². The van der Waals surface area contributed by atoms with Crippen molar-refractivity contribution in [2.24, 2.45) is 0 Å². The molecule has 1 rings (SSSR count). The van der Waals surface area contributed by atoms with E-state index in [0.717, 1.165) is 12.8 Å². The summed E-state index contributed by atoms with van der Waals surface area (Å²) in [6.07, 6.45) is 1.79. The quantitative estimate of drug-likeness (QED) is 0.796. The van der Waals surface area contributed by atoms with Gasteiger partial charge in [-0.15, -0.1) is 0 Å². The van der Waals surface area contributed by atoms with Crippen LogP contribution >= 0.6 is 0 Å². The molecule has 0 saturated carbocycles. The van der Waals surface area contributed by atoms with Crippen molar-refractivity contribution in [3.05, 3.63) is 35.4 Å². The molecule has 3 heteroatoms. The fourth-order valence-corrected chi connectivity index (χ4v) is 1.75. The fraction of sp³-hybridized carbons (Fsp3) is 0.500. The molecule has 1 aromatic carbocycles. The van der Waals surface area contributed by atoms with Crippen molar-refractivity contribution in [3.63, 3.8) is 0 Å².